The number of aryl methyl sites for hydroxylation is 1. The number of pyridine rings is 1. The van der Waals surface area contributed by atoms with Gasteiger partial charge < -0.3 is 4.57 Å². The van der Waals surface area contributed by atoms with Gasteiger partial charge in [-0.2, -0.15) is 0 Å². The number of nitrogens with zero attached hydrogens (tertiary/aromatic N) is 1. The van der Waals surface area contributed by atoms with Crippen molar-refractivity contribution in [3.05, 3.63) is 34.2 Å². The molecule has 78 valence electrons. The summed E-state index contributed by atoms with van der Waals surface area (Å²) in [5, 5.41) is 0.801. The molecule has 0 radical (unpaired) electrons. The van der Waals surface area contributed by atoms with E-state index >= 15 is 0 Å². The molecule has 0 saturated heterocycles. The fourth-order valence-electron chi connectivity index (χ4n) is 1.23. The van der Waals surface area contributed by atoms with Gasteiger partial charge in [0.25, 0.3) is 5.56 Å². The van der Waals surface area contributed by atoms with E-state index in [0.717, 1.165) is 23.9 Å². The van der Waals surface area contributed by atoms with Crippen molar-refractivity contribution in [1.82, 2.24) is 4.57 Å². The van der Waals surface area contributed by atoms with Gasteiger partial charge >= 0.3 is 0 Å². The zero-order chi connectivity index (χ0) is 10.6. The van der Waals surface area contributed by atoms with Gasteiger partial charge in [-0.05, 0) is 17.9 Å². The van der Waals surface area contributed by atoms with Crippen LogP contribution in [0.25, 0.3) is 0 Å². The highest BCUT2D eigenvalue weighted by Gasteiger charge is 1.99. The van der Waals surface area contributed by atoms with Crippen LogP contribution in [0.2, 0.25) is 0 Å². The van der Waals surface area contributed by atoms with Crippen LogP contribution < -0.4 is 5.56 Å². The first kappa shape index (κ1) is 11.5. The van der Waals surface area contributed by atoms with E-state index in [2.05, 4.69) is 29.8 Å². The van der Waals surface area contributed by atoms with E-state index in [4.69, 9.17) is 0 Å². The molecule has 1 aromatic rings. The summed E-state index contributed by atoms with van der Waals surface area (Å²) in [6, 6.07) is 3.50. The first-order valence-corrected chi connectivity index (χ1v) is 6.01. The van der Waals surface area contributed by atoms with Gasteiger partial charge in [0.05, 0.1) is 0 Å². The highest BCUT2D eigenvalue weighted by Crippen LogP contribution is 2.05. The predicted molar refractivity (Wildman–Crippen MR) is 62.8 cm³/mol. The van der Waals surface area contributed by atoms with Crippen molar-refractivity contribution >= 4 is 15.9 Å². The molecule has 0 amide bonds. The van der Waals surface area contributed by atoms with Crippen molar-refractivity contribution in [3.63, 3.8) is 0 Å². The number of aromatic nitrogens is 1. The number of alkyl halides is 1. The Kier molecular flexibility index (Phi) is 4.39. The minimum atomic E-state index is 0.0929. The monoisotopic (exact) mass is 257 g/mol. The molecule has 1 heterocycles. The lowest BCUT2D eigenvalue weighted by molar-refractivity contribution is 0.507. The molecule has 0 aliphatic heterocycles. The van der Waals surface area contributed by atoms with Crippen LogP contribution in [0.3, 0.4) is 0 Å². The largest absolute Gasteiger partial charge is 0.315 e. The van der Waals surface area contributed by atoms with Crippen molar-refractivity contribution in [3.8, 4) is 0 Å². The number of hydrogen-bond acceptors (Lipinski definition) is 1. The SMILES string of the molecule is CC(C)CCn1cc(CBr)ccc1=O. The normalized spacial score (nSPS) is 10.9. The van der Waals surface area contributed by atoms with Crippen molar-refractivity contribution < 1.29 is 0 Å². The zero-order valence-electron chi connectivity index (χ0n) is 8.66. The van der Waals surface area contributed by atoms with Crippen LogP contribution in [0.1, 0.15) is 25.8 Å². The second-order valence-electron chi connectivity index (χ2n) is 3.89. The average molecular weight is 258 g/mol. The summed E-state index contributed by atoms with van der Waals surface area (Å²) in [5.41, 5.74) is 1.24. The van der Waals surface area contributed by atoms with Gasteiger partial charge in [-0.15, -0.1) is 0 Å². The Morgan fingerprint density at radius 2 is 2.14 bits per heavy atom. The lowest BCUT2D eigenvalue weighted by Crippen LogP contribution is -2.19. The highest BCUT2D eigenvalue weighted by molar-refractivity contribution is 9.08. The van der Waals surface area contributed by atoms with E-state index in [-0.39, 0.29) is 5.56 Å². The minimum absolute atomic E-state index is 0.0929. The lowest BCUT2D eigenvalue weighted by atomic mass is 10.1. The number of hydrogen-bond donors (Lipinski definition) is 0. The molecule has 0 fully saturated rings. The lowest BCUT2D eigenvalue weighted by Gasteiger charge is -2.08. The molecule has 1 rings (SSSR count). The van der Waals surface area contributed by atoms with Crippen LogP contribution in [0, 0.1) is 5.92 Å². The van der Waals surface area contributed by atoms with Crippen LogP contribution in [-0.4, -0.2) is 4.57 Å². The fourth-order valence-corrected chi connectivity index (χ4v) is 1.56. The van der Waals surface area contributed by atoms with E-state index in [1.54, 1.807) is 10.6 Å². The van der Waals surface area contributed by atoms with E-state index in [9.17, 15) is 4.79 Å². The van der Waals surface area contributed by atoms with Gasteiger partial charge in [0, 0.05) is 24.1 Å². The molecule has 0 aliphatic carbocycles. The first-order valence-electron chi connectivity index (χ1n) is 4.89. The third kappa shape index (κ3) is 3.29. The molecule has 3 heteroatoms. The van der Waals surface area contributed by atoms with Gasteiger partial charge in [0.1, 0.15) is 0 Å². The van der Waals surface area contributed by atoms with Crippen molar-refractivity contribution in [2.24, 2.45) is 5.92 Å². The molecule has 0 unspecified atom stereocenters. The summed E-state index contributed by atoms with van der Waals surface area (Å²) < 4.78 is 1.79. The Morgan fingerprint density at radius 3 is 2.71 bits per heavy atom. The molecule has 2 nitrogen and oxygen atoms in total. The Balaban J connectivity index is 2.79. The van der Waals surface area contributed by atoms with E-state index in [0.29, 0.717) is 5.92 Å². The van der Waals surface area contributed by atoms with Crippen molar-refractivity contribution in [2.75, 3.05) is 0 Å². The number of rotatable bonds is 4. The van der Waals surface area contributed by atoms with E-state index in [1.807, 2.05) is 12.3 Å². The summed E-state index contributed by atoms with van der Waals surface area (Å²) >= 11 is 3.38. The molecule has 0 atom stereocenters. The topological polar surface area (TPSA) is 22.0 Å². The molecular formula is C11H16BrNO. The van der Waals surface area contributed by atoms with Gasteiger partial charge in [0.15, 0.2) is 0 Å². The molecule has 0 N–H and O–H groups in total. The summed E-state index contributed by atoms with van der Waals surface area (Å²) in [7, 11) is 0. The maximum Gasteiger partial charge on any atom is 0.250 e. The van der Waals surface area contributed by atoms with E-state index in [1.165, 1.54) is 0 Å². The molecule has 0 bridgehead atoms. The second-order valence-corrected chi connectivity index (χ2v) is 4.45. The molecule has 0 aromatic carbocycles. The summed E-state index contributed by atoms with van der Waals surface area (Å²) in [5.74, 6) is 0.634. The number of halogens is 1. The highest BCUT2D eigenvalue weighted by atomic mass is 79.9. The smallest absolute Gasteiger partial charge is 0.250 e. The molecule has 14 heavy (non-hydrogen) atoms. The summed E-state index contributed by atoms with van der Waals surface area (Å²) in [6.45, 7) is 5.15. The maximum atomic E-state index is 11.4. The third-order valence-electron chi connectivity index (χ3n) is 2.15. The second kappa shape index (κ2) is 5.35. The summed E-state index contributed by atoms with van der Waals surface area (Å²) in [4.78, 5) is 11.4. The molecular weight excluding hydrogens is 242 g/mol. The quantitative estimate of drug-likeness (QED) is 0.761. The van der Waals surface area contributed by atoms with Gasteiger partial charge in [0.2, 0.25) is 0 Å². The van der Waals surface area contributed by atoms with E-state index < -0.39 is 0 Å². The Hall–Kier alpha value is -0.570. The Morgan fingerprint density at radius 1 is 1.43 bits per heavy atom. The fraction of sp³-hybridized carbons (Fsp3) is 0.545. The zero-order valence-corrected chi connectivity index (χ0v) is 10.3. The predicted octanol–water partition coefficient (Wildman–Crippen LogP) is 2.79. The molecule has 0 spiro atoms. The van der Waals surface area contributed by atoms with Gasteiger partial charge in [-0.25, -0.2) is 0 Å². The van der Waals surface area contributed by atoms with Crippen LogP contribution in [0.4, 0.5) is 0 Å². The van der Waals surface area contributed by atoms with Gasteiger partial charge in [-0.3, -0.25) is 4.79 Å². The average Bonchev–Trinajstić information content (AvgIpc) is 2.16. The van der Waals surface area contributed by atoms with Crippen LogP contribution in [0.5, 0.6) is 0 Å². The first-order chi connectivity index (χ1) is 6.63. The van der Waals surface area contributed by atoms with Crippen LogP contribution in [-0.2, 0) is 11.9 Å². The molecule has 0 aliphatic rings. The third-order valence-corrected chi connectivity index (χ3v) is 2.79. The van der Waals surface area contributed by atoms with Gasteiger partial charge in [-0.1, -0.05) is 35.8 Å². The minimum Gasteiger partial charge on any atom is -0.315 e. The van der Waals surface area contributed by atoms with Crippen LogP contribution in [0.15, 0.2) is 23.1 Å². The molecule has 0 saturated carbocycles. The molecule has 1 aromatic heterocycles. The summed E-state index contributed by atoms with van der Waals surface area (Å²) in [6.07, 6.45) is 2.98. The van der Waals surface area contributed by atoms with Crippen LogP contribution >= 0.6 is 15.9 Å². The standard InChI is InChI=1S/C11H16BrNO/c1-9(2)5-6-13-8-10(7-12)3-4-11(13)14/h3-4,8-9H,5-7H2,1-2H3. The Bertz CT molecular complexity index is 343. The maximum absolute atomic E-state index is 11.4. The Labute approximate surface area is 93.1 Å². The van der Waals surface area contributed by atoms with Crippen molar-refractivity contribution in [2.45, 2.75) is 32.1 Å². The van der Waals surface area contributed by atoms with Crippen molar-refractivity contribution in [1.29, 1.82) is 0 Å².